The number of hydrogen-bond donors (Lipinski definition) is 0. The molecule has 6 heavy (non-hydrogen) atoms. The quantitative estimate of drug-likeness (QED) is 0.487. The van der Waals surface area contributed by atoms with Crippen LogP contribution in [0.4, 0.5) is 0 Å². The van der Waals surface area contributed by atoms with Gasteiger partial charge < -0.3 is 0 Å². The number of hydrogen-bond acceptors (Lipinski definition) is 1. The van der Waals surface area contributed by atoms with Crippen molar-refractivity contribution in [2.75, 3.05) is 0 Å². The molecule has 1 N–H and O–H groups in total. The second kappa shape index (κ2) is 1.08. The molecule has 0 atom stereocenters. The van der Waals surface area contributed by atoms with E-state index in [9.17, 15) is 0 Å². The summed E-state index contributed by atoms with van der Waals surface area (Å²) in [4.78, 5) is 3.63. The van der Waals surface area contributed by atoms with Crippen LogP contribution < -0.4 is 5.73 Å². The molecule has 31 valence electrons. The second-order valence-corrected chi connectivity index (χ2v) is 1.71. The molecule has 0 saturated carbocycles. The predicted octanol–water partition coefficient (Wildman–Crippen LogP) is 0.918. The van der Waals surface area contributed by atoms with Crippen LogP contribution in [0.2, 0.25) is 0 Å². The standard InChI is InChI=1S/C3H2BrN2/c4-3-2(5)1-6-3/h1,5H. The first-order valence-corrected chi connectivity index (χ1v) is 2.25. The molecule has 1 heterocycles. The largest absolute Gasteiger partial charge is 0.297 e. The summed E-state index contributed by atoms with van der Waals surface area (Å²) < 4.78 is 0.655. The van der Waals surface area contributed by atoms with Crippen molar-refractivity contribution < 1.29 is 0 Å². The molecule has 0 saturated heterocycles. The van der Waals surface area contributed by atoms with E-state index in [1.54, 1.807) is 0 Å². The number of rotatable bonds is 0. The summed E-state index contributed by atoms with van der Waals surface area (Å²) in [7, 11) is 0. The third-order valence-electron chi connectivity index (χ3n) is 0.529. The van der Waals surface area contributed by atoms with Crippen molar-refractivity contribution in [1.82, 2.24) is 5.73 Å². The third kappa shape index (κ3) is 0.354. The summed E-state index contributed by atoms with van der Waals surface area (Å²) >= 11 is 3.02. The van der Waals surface area contributed by atoms with Crippen LogP contribution in [0.1, 0.15) is 0 Å². The van der Waals surface area contributed by atoms with Crippen LogP contribution in [0.25, 0.3) is 0 Å². The molecule has 0 unspecified atom stereocenters. The van der Waals surface area contributed by atoms with Crippen molar-refractivity contribution in [1.29, 1.82) is 0 Å². The van der Waals surface area contributed by atoms with E-state index in [2.05, 4.69) is 20.9 Å². The molecule has 0 bridgehead atoms. The SMILES string of the molecule is [NH]C1=CN=C1Br. The summed E-state index contributed by atoms with van der Waals surface area (Å²) in [5.41, 5.74) is 7.28. The fraction of sp³-hybridized carbons (Fsp3) is 0. The van der Waals surface area contributed by atoms with E-state index in [-0.39, 0.29) is 0 Å². The normalized spacial score (nSPS) is 18.2. The highest BCUT2D eigenvalue weighted by molar-refractivity contribution is 9.18. The Kier molecular flexibility index (Phi) is 0.696. The topological polar surface area (TPSA) is 36.2 Å². The molecule has 0 aromatic carbocycles. The van der Waals surface area contributed by atoms with Crippen LogP contribution in [0, 0.1) is 0 Å². The van der Waals surface area contributed by atoms with Gasteiger partial charge in [0, 0.05) is 0 Å². The first kappa shape index (κ1) is 3.87. The highest BCUT2D eigenvalue weighted by Crippen LogP contribution is 2.09. The summed E-state index contributed by atoms with van der Waals surface area (Å²) in [5.74, 6) is 0. The van der Waals surface area contributed by atoms with Gasteiger partial charge in [-0.1, -0.05) is 0 Å². The lowest BCUT2D eigenvalue weighted by Gasteiger charge is -1.99. The monoisotopic (exact) mass is 145 g/mol. The molecule has 1 rings (SSSR count). The molecule has 2 nitrogen and oxygen atoms in total. The van der Waals surface area contributed by atoms with Crippen molar-refractivity contribution in [2.45, 2.75) is 0 Å². The Balaban J connectivity index is 2.63. The zero-order valence-electron chi connectivity index (χ0n) is 2.90. The van der Waals surface area contributed by atoms with Gasteiger partial charge in [-0.2, -0.15) is 0 Å². The van der Waals surface area contributed by atoms with Gasteiger partial charge >= 0.3 is 0 Å². The number of aliphatic imine (C=N–C) groups is 1. The second-order valence-electron chi connectivity index (χ2n) is 0.963. The van der Waals surface area contributed by atoms with Gasteiger partial charge in [0.25, 0.3) is 0 Å². The van der Waals surface area contributed by atoms with E-state index >= 15 is 0 Å². The Bertz CT molecular complexity index is 109. The van der Waals surface area contributed by atoms with Crippen molar-refractivity contribution >= 4 is 20.6 Å². The molecule has 1 aliphatic rings. The van der Waals surface area contributed by atoms with Gasteiger partial charge in [0.2, 0.25) is 0 Å². The average Bonchev–Trinajstić information content (AvgIpc) is 1.61. The number of nitrogens with one attached hydrogen (secondary N) is 1. The molecule has 1 aliphatic heterocycles. The Hall–Kier alpha value is -0.310. The van der Waals surface area contributed by atoms with Gasteiger partial charge in [0.1, 0.15) is 10.3 Å². The van der Waals surface area contributed by atoms with Crippen molar-refractivity contribution in [3.8, 4) is 0 Å². The highest BCUT2D eigenvalue weighted by Gasteiger charge is 2.03. The van der Waals surface area contributed by atoms with E-state index < -0.39 is 0 Å². The lowest BCUT2D eigenvalue weighted by molar-refractivity contribution is 1.30. The van der Waals surface area contributed by atoms with Crippen LogP contribution in [0.5, 0.6) is 0 Å². The Labute approximate surface area is 43.9 Å². The van der Waals surface area contributed by atoms with E-state index in [4.69, 9.17) is 5.73 Å². The fourth-order valence-corrected chi connectivity index (χ4v) is 0.383. The average molecular weight is 146 g/mol. The number of halogens is 1. The minimum atomic E-state index is 0.481. The van der Waals surface area contributed by atoms with Crippen molar-refractivity contribution in [3.63, 3.8) is 0 Å². The Morgan fingerprint density at radius 2 is 2.33 bits per heavy atom. The third-order valence-corrected chi connectivity index (χ3v) is 1.16. The van der Waals surface area contributed by atoms with Crippen LogP contribution in [0.15, 0.2) is 16.9 Å². The van der Waals surface area contributed by atoms with Gasteiger partial charge in [-0.25, -0.2) is 4.99 Å². The fourth-order valence-electron chi connectivity index (χ4n) is 0.178. The van der Waals surface area contributed by atoms with Crippen molar-refractivity contribution in [3.05, 3.63) is 11.9 Å². The molecule has 0 aliphatic carbocycles. The van der Waals surface area contributed by atoms with Crippen molar-refractivity contribution in [2.24, 2.45) is 4.99 Å². The molecule has 0 fully saturated rings. The van der Waals surface area contributed by atoms with Gasteiger partial charge in [0.05, 0.1) is 6.20 Å². The van der Waals surface area contributed by atoms with Gasteiger partial charge in [0.15, 0.2) is 0 Å². The zero-order chi connectivity index (χ0) is 4.57. The van der Waals surface area contributed by atoms with Gasteiger partial charge in [-0.05, 0) is 15.9 Å². The summed E-state index contributed by atoms with van der Waals surface area (Å²) in [6.45, 7) is 0. The minimum absolute atomic E-state index is 0.481. The Morgan fingerprint density at radius 1 is 1.83 bits per heavy atom. The van der Waals surface area contributed by atoms with Crippen LogP contribution in [-0.4, -0.2) is 4.62 Å². The number of allylic oxidation sites excluding steroid dienone is 1. The maximum atomic E-state index is 6.80. The molecule has 0 aromatic heterocycles. The van der Waals surface area contributed by atoms with Crippen LogP contribution >= 0.6 is 15.9 Å². The predicted molar refractivity (Wildman–Crippen MR) is 27.5 cm³/mol. The molecule has 1 radical (unpaired) electrons. The molecule has 0 amide bonds. The van der Waals surface area contributed by atoms with E-state index in [1.165, 1.54) is 6.20 Å². The maximum absolute atomic E-state index is 6.80. The van der Waals surface area contributed by atoms with Crippen LogP contribution in [-0.2, 0) is 0 Å². The lowest BCUT2D eigenvalue weighted by Crippen LogP contribution is -2.00. The van der Waals surface area contributed by atoms with Gasteiger partial charge in [-0.3, -0.25) is 5.73 Å². The number of nitrogens with zero attached hydrogens (tertiary/aromatic N) is 1. The maximum Gasteiger partial charge on any atom is 0.132 e. The first-order chi connectivity index (χ1) is 2.80. The Morgan fingerprint density at radius 3 is 2.33 bits per heavy atom. The highest BCUT2D eigenvalue weighted by atomic mass is 79.9. The lowest BCUT2D eigenvalue weighted by atomic mass is 10.4. The van der Waals surface area contributed by atoms with E-state index in [0.29, 0.717) is 10.3 Å². The first-order valence-electron chi connectivity index (χ1n) is 1.46. The summed E-state index contributed by atoms with van der Waals surface area (Å²) in [5, 5.41) is 0. The van der Waals surface area contributed by atoms with E-state index in [0.717, 1.165) is 0 Å². The van der Waals surface area contributed by atoms with Gasteiger partial charge in [-0.15, -0.1) is 0 Å². The summed E-state index contributed by atoms with van der Waals surface area (Å²) in [6, 6.07) is 0. The molecule has 0 spiro atoms. The smallest absolute Gasteiger partial charge is 0.132 e. The van der Waals surface area contributed by atoms with E-state index in [1.807, 2.05) is 0 Å². The zero-order valence-corrected chi connectivity index (χ0v) is 4.49. The summed E-state index contributed by atoms with van der Waals surface area (Å²) in [6.07, 6.45) is 1.49. The molecular weight excluding hydrogens is 144 g/mol. The van der Waals surface area contributed by atoms with Crippen LogP contribution in [0.3, 0.4) is 0 Å². The minimum Gasteiger partial charge on any atom is -0.297 e. The molecule has 0 aromatic rings. The molecular formula is C3H2BrN2. The molecule has 3 heteroatoms.